The minimum atomic E-state index is -4.35. The Labute approximate surface area is 257 Å². The smallest absolute Gasteiger partial charge is 0.462 e. The lowest BCUT2D eigenvalue weighted by Gasteiger charge is -2.24. The van der Waals surface area contributed by atoms with E-state index in [9.17, 15) is 19.0 Å². The summed E-state index contributed by atoms with van der Waals surface area (Å²) in [7, 11) is 1.48. The molecule has 0 saturated heterocycles. The van der Waals surface area contributed by atoms with Gasteiger partial charge in [-0.1, -0.05) is 117 Å². The van der Waals surface area contributed by atoms with Crippen molar-refractivity contribution < 1.29 is 42.1 Å². The molecule has 2 atom stereocenters. The average molecular weight is 623 g/mol. The summed E-state index contributed by atoms with van der Waals surface area (Å²) in [6.45, 7) is 4.35. The van der Waals surface area contributed by atoms with Crippen LogP contribution in [0.1, 0.15) is 142 Å². The molecule has 0 aliphatic carbocycles. The highest BCUT2D eigenvalue weighted by Crippen LogP contribution is 2.43. The van der Waals surface area contributed by atoms with E-state index in [1.54, 1.807) is 0 Å². The summed E-state index contributed by atoms with van der Waals surface area (Å²) in [5.41, 5.74) is 0. The zero-order chi connectivity index (χ0) is 31.5. The van der Waals surface area contributed by atoms with Gasteiger partial charge in [-0.25, -0.2) is 4.57 Å². The summed E-state index contributed by atoms with van der Waals surface area (Å²) in [6.07, 6.45) is 20.2. The van der Waals surface area contributed by atoms with Crippen LogP contribution in [0.4, 0.5) is 0 Å². The fraction of sp³-hybridized carbons (Fsp3) is 0.938. The summed E-state index contributed by atoms with van der Waals surface area (Å²) < 4.78 is 33.9. The number of rotatable bonds is 30. The number of hydrogen-bond acceptors (Lipinski definition) is 7. The molecule has 0 amide bonds. The number of unbranched alkanes of at least 4 members (excludes halogenated alkanes) is 16. The van der Waals surface area contributed by atoms with Crippen molar-refractivity contribution in [2.45, 2.75) is 148 Å². The number of esters is 2. The van der Waals surface area contributed by atoms with Crippen molar-refractivity contribution >= 4 is 19.8 Å². The van der Waals surface area contributed by atoms with Crippen LogP contribution < -0.4 is 0 Å². The van der Waals surface area contributed by atoms with Crippen LogP contribution in [0.2, 0.25) is 0 Å². The van der Waals surface area contributed by atoms with E-state index in [4.69, 9.17) is 18.5 Å². The number of likely N-dealkylation sites (N-methyl/N-ethyl adjacent to an activating group) is 1. The Balaban J connectivity index is 4.49. The van der Waals surface area contributed by atoms with E-state index in [1.807, 2.05) is 21.1 Å². The Morgan fingerprint density at radius 2 is 1.07 bits per heavy atom. The zero-order valence-corrected chi connectivity index (χ0v) is 28.6. The first-order valence-electron chi connectivity index (χ1n) is 16.8. The fourth-order valence-corrected chi connectivity index (χ4v) is 5.17. The van der Waals surface area contributed by atoms with Gasteiger partial charge in [0.25, 0.3) is 0 Å². The number of hydrogen-bond donors (Lipinski definition) is 1. The van der Waals surface area contributed by atoms with Gasteiger partial charge < -0.3 is 18.9 Å². The lowest BCUT2D eigenvalue weighted by Crippen LogP contribution is -2.37. The van der Waals surface area contributed by atoms with Crippen molar-refractivity contribution in [2.24, 2.45) is 0 Å². The Morgan fingerprint density at radius 1 is 0.643 bits per heavy atom. The number of quaternary nitrogens is 1. The van der Waals surface area contributed by atoms with Gasteiger partial charge in [0.2, 0.25) is 0 Å². The van der Waals surface area contributed by atoms with E-state index in [2.05, 4.69) is 13.8 Å². The van der Waals surface area contributed by atoms with E-state index in [0.717, 1.165) is 32.1 Å². The normalized spacial score (nSPS) is 14.0. The maximum atomic E-state index is 12.5. The molecule has 1 N–H and O–H groups in total. The number of phosphoric ester groups is 1. The maximum absolute atomic E-state index is 12.5. The molecular formula is C32H65NO8P+. The number of nitrogens with zero attached hydrogens (tertiary/aromatic N) is 1. The second kappa shape index (κ2) is 26.4. The molecule has 0 saturated carbocycles. The number of carbonyl (C=O) groups excluding carboxylic acids is 2. The molecule has 9 nitrogen and oxygen atoms in total. The van der Waals surface area contributed by atoms with Gasteiger partial charge in [-0.15, -0.1) is 0 Å². The third-order valence-electron chi connectivity index (χ3n) is 7.14. The molecule has 250 valence electrons. The number of phosphoric acid groups is 1. The summed E-state index contributed by atoms with van der Waals surface area (Å²) in [4.78, 5) is 34.8. The summed E-state index contributed by atoms with van der Waals surface area (Å²) in [5, 5.41) is 0. The Kier molecular flexibility index (Phi) is 25.8. The fourth-order valence-electron chi connectivity index (χ4n) is 4.42. The van der Waals surface area contributed by atoms with E-state index in [0.29, 0.717) is 23.9 Å². The van der Waals surface area contributed by atoms with E-state index in [1.165, 1.54) is 77.0 Å². The monoisotopic (exact) mass is 622 g/mol. The predicted molar refractivity (Wildman–Crippen MR) is 169 cm³/mol. The number of carbonyl (C=O) groups is 2. The van der Waals surface area contributed by atoms with Crippen LogP contribution in [-0.4, -0.2) is 74.9 Å². The second-order valence-corrected chi connectivity index (χ2v) is 14.0. The summed E-state index contributed by atoms with van der Waals surface area (Å²) in [5.74, 6) is -0.802. The second-order valence-electron chi connectivity index (χ2n) is 12.6. The standard InChI is InChI=1S/C32H64NO8P/c1-6-8-10-12-14-16-17-19-20-22-24-31(34)38-28-30(29-40-42(36,37)39-27-26-33(3,4)5)41-32(35)25-23-21-18-15-13-11-9-7-2/h30H,6-29H2,1-5H3/p+1/t30-/m1/s1. The number of ether oxygens (including phenoxy) is 2. The van der Waals surface area contributed by atoms with Crippen LogP contribution in [0, 0.1) is 0 Å². The molecule has 0 aromatic heterocycles. The SMILES string of the molecule is CCCCCCCCCCCCC(=O)OC[C@H](COP(=O)(O)OCC[N+](C)(C)C)OC(=O)CCCCCCCCCC. The van der Waals surface area contributed by atoms with Crippen LogP contribution in [0.3, 0.4) is 0 Å². The first-order chi connectivity index (χ1) is 20.0. The minimum Gasteiger partial charge on any atom is -0.462 e. The third kappa shape index (κ3) is 29.1. The topological polar surface area (TPSA) is 108 Å². The molecule has 0 rings (SSSR count). The van der Waals surface area contributed by atoms with Gasteiger partial charge in [0.15, 0.2) is 6.10 Å². The van der Waals surface area contributed by atoms with Crippen molar-refractivity contribution in [3.63, 3.8) is 0 Å². The zero-order valence-electron chi connectivity index (χ0n) is 27.7. The first-order valence-corrected chi connectivity index (χ1v) is 18.3. The molecule has 0 aliphatic heterocycles. The Hall–Kier alpha value is -0.990. The van der Waals surface area contributed by atoms with Crippen molar-refractivity contribution in [3.8, 4) is 0 Å². The van der Waals surface area contributed by atoms with Crippen molar-refractivity contribution in [1.82, 2.24) is 0 Å². The van der Waals surface area contributed by atoms with Crippen LogP contribution in [-0.2, 0) is 32.7 Å². The van der Waals surface area contributed by atoms with Gasteiger partial charge in [0.05, 0.1) is 27.7 Å². The first kappa shape index (κ1) is 41.0. The molecule has 0 bridgehead atoms. The van der Waals surface area contributed by atoms with E-state index >= 15 is 0 Å². The lowest BCUT2D eigenvalue weighted by molar-refractivity contribution is -0.870. The molecule has 0 heterocycles. The van der Waals surface area contributed by atoms with Gasteiger partial charge in [-0.05, 0) is 12.8 Å². The molecule has 0 aliphatic rings. The van der Waals surface area contributed by atoms with Crippen molar-refractivity contribution in [2.75, 3.05) is 47.5 Å². The highest BCUT2D eigenvalue weighted by atomic mass is 31.2. The molecule has 0 aromatic carbocycles. The van der Waals surface area contributed by atoms with Gasteiger partial charge >= 0.3 is 19.8 Å². The molecule has 10 heteroatoms. The molecule has 42 heavy (non-hydrogen) atoms. The highest BCUT2D eigenvalue weighted by Gasteiger charge is 2.27. The van der Waals surface area contributed by atoms with Gasteiger partial charge in [-0.3, -0.25) is 18.6 Å². The molecule has 1 unspecified atom stereocenters. The summed E-state index contributed by atoms with van der Waals surface area (Å²) in [6, 6.07) is 0. The Bertz CT molecular complexity index is 713. The van der Waals surface area contributed by atoms with Crippen LogP contribution in [0.25, 0.3) is 0 Å². The highest BCUT2D eigenvalue weighted by molar-refractivity contribution is 7.47. The Morgan fingerprint density at radius 3 is 1.52 bits per heavy atom. The molecular weight excluding hydrogens is 557 g/mol. The van der Waals surface area contributed by atoms with Crippen LogP contribution in [0.15, 0.2) is 0 Å². The largest absolute Gasteiger partial charge is 0.472 e. The van der Waals surface area contributed by atoms with E-state index < -0.39 is 26.5 Å². The van der Waals surface area contributed by atoms with Gasteiger partial charge in [0.1, 0.15) is 19.8 Å². The van der Waals surface area contributed by atoms with Gasteiger partial charge in [0, 0.05) is 12.8 Å². The molecule has 0 spiro atoms. The molecule has 0 radical (unpaired) electrons. The average Bonchev–Trinajstić information content (AvgIpc) is 2.92. The van der Waals surface area contributed by atoms with Gasteiger partial charge in [-0.2, -0.15) is 0 Å². The lowest BCUT2D eigenvalue weighted by atomic mass is 10.1. The van der Waals surface area contributed by atoms with Crippen molar-refractivity contribution in [1.29, 1.82) is 0 Å². The quantitative estimate of drug-likeness (QED) is 0.0370. The predicted octanol–water partition coefficient (Wildman–Crippen LogP) is 8.12. The van der Waals surface area contributed by atoms with E-state index in [-0.39, 0.29) is 25.6 Å². The van der Waals surface area contributed by atoms with Crippen LogP contribution >= 0.6 is 7.82 Å². The summed E-state index contributed by atoms with van der Waals surface area (Å²) >= 11 is 0. The third-order valence-corrected chi connectivity index (χ3v) is 8.12. The molecule has 0 aromatic rings. The van der Waals surface area contributed by atoms with Crippen molar-refractivity contribution in [3.05, 3.63) is 0 Å². The minimum absolute atomic E-state index is 0.0357. The van der Waals surface area contributed by atoms with Crippen LogP contribution in [0.5, 0.6) is 0 Å². The molecule has 0 fully saturated rings. The maximum Gasteiger partial charge on any atom is 0.472 e.